The van der Waals surface area contributed by atoms with E-state index in [1.165, 1.54) is 24.1 Å². The van der Waals surface area contributed by atoms with Crippen molar-refractivity contribution in [3.63, 3.8) is 0 Å². The summed E-state index contributed by atoms with van der Waals surface area (Å²) in [7, 11) is 1.38. The average molecular weight is 455 g/mol. The summed E-state index contributed by atoms with van der Waals surface area (Å²) >= 11 is 12.3. The minimum Gasteiger partial charge on any atom is -0.507 e. The van der Waals surface area contributed by atoms with Gasteiger partial charge in [-0.3, -0.25) is 19.5 Å². The number of anilines is 1. The lowest BCUT2D eigenvalue weighted by atomic mass is 9.96. The molecule has 1 aliphatic heterocycles. The van der Waals surface area contributed by atoms with Gasteiger partial charge in [-0.25, -0.2) is 0 Å². The number of hydrogen-bond acceptors (Lipinski definition) is 5. The Kier molecular flexibility index (Phi) is 5.67. The molecule has 4 rings (SSSR count). The molecule has 0 spiro atoms. The number of carbonyl (C=O) groups excluding carboxylic acids is 2. The van der Waals surface area contributed by atoms with Crippen LogP contribution < -0.4 is 9.64 Å². The third kappa shape index (κ3) is 3.65. The number of benzene rings is 2. The molecule has 0 bridgehead atoms. The molecular formula is C23H16Cl2N2O4. The fraction of sp³-hybridized carbons (Fsp3) is 0.0870. The van der Waals surface area contributed by atoms with E-state index in [4.69, 9.17) is 27.9 Å². The smallest absolute Gasteiger partial charge is 0.300 e. The van der Waals surface area contributed by atoms with Crippen LogP contribution in [0.4, 0.5) is 5.69 Å². The maximum absolute atomic E-state index is 13.1. The Bertz CT molecular complexity index is 1200. The van der Waals surface area contributed by atoms with Crippen LogP contribution in [0.25, 0.3) is 5.76 Å². The number of aliphatic hydroxyl groups excluding tert-OH is 1. The first kappa shape index (κ1) is 20.9. The van der Waals surface area contributed by atoms with E-state index in [0.717, 1.165) is 0 Å². The maximum Gasteiger partial charge on any atom is 0.300 e. The van der Waals surface area contributed by atoms with Gasteiger partial charge < -0.3 is 9.84 Å². The van der Waals surface area contributed by atoms with E-state index >= 15 is 0 Å². The molecule has 1 atom stereocenters. The SMILES string of the molecule is COc1c(Cl)cc(Cl)cc1/C(O)=C1\C(=O)C(=O)N(c2ccccc2)C1c1cccnc1. The molecule has 1 N–H and O–H groups in total. The van der Waals surface area contributed by atoms with E-state index in [9.17, 15) is 14.7 Å². The topological polar surface area (TPSA) is 79.7 Å². The van der Waals surface area contributed by atoms with Crippen molar-refractivity contribution in [1.29, 1.82) is 0 Å². The molecule has 2 aromatic carbocycles. The van der Waals surface area contributed by atoms with Gasteiger partial charge in [-0.2, -0.15) is 0 Å². The number of aromatic nitrogens is 1. The highest BCUT2D eigenvalue weighted by atomic mass is 35.5. The number of para-hydroxylation sites is 1. The van der Waals surface area contributed by atoms with Gasteiger partial charge in [-0.1, -0.05) is 47.5 Å². The Morgan fingerprint density at radius 1 is 1.10 bits per heavy atom. The molecule has 0 saturated carbocycles. The molecule has 6 nitrogen and oxygen atoms in total. The lowest BCUT2D eigenvalue weighted by molar-refractivity contribution is -0.132. The Morgan fingerprint density at radius 2 is 1.84 bits per heavy atom. The van der Waals surface area contributed by atoms with Gasteiger partial charge in [0.05, 0.1) is 29.3 Å². The molecule has 0 aliphatic carbocycles. The second-order valence-corrected chi connectivity index (χ2v) is 7.60. The van der Waals surface area contributed by atoms with Crippen molar-refractivity contribution in [2.45, 2.75) is 6.04 Å². The van der Waals surface area contributed by atoms with Gasteiger partial charge in [-0.15, -0.1) is 0 Å². The quantitative estimate of drug-likeness (QED) is 0.340. The van der Waals surface area contributed by atoms with Crippen LogP contribution in [0.15, 0.2) is 72.6 Å². The number of nitrogens with zero attached hydrogens (tertiary/aromatic N) is 2. The molecule has 1 fully saturated rings. The predicted octanol–water partition coefficient (Wildman–Crippen LogP) is 5.02. The number of amides is 1. The number of ether oxygens (including phenoxy) is 1. The molecule has 1 saturated heterocycles. The zero-order valence-corrected chi connectivity index (χ0v) is 17.8. The molecule has 1 aromatic heterocycles. The summed E-state index contributed by atoms with van der Waals surface area (Å²) < 4.78 is 5.32. The number of methoxy groups -OCH3 is 1. The van der Waals surface area contributed by atoms with Crippen LogP contribution in [-0.4, -0.2) is 28.9 Å². The van der Waals surface area contributed by atoms with Crippen LogP contribution in [0, 0.1) is 0 Å². The first-order chi connectivity index (χ1) is 14.9. The summed E-state index contributed by atoms with van der Waals surface area (Å²) in [5.74, 6) is -1.91. The standard InChI is InChI=1S/C23H16Cl2N2O4/c1-31-22-16(10-14(24)11-17(22)25)20(28)18-19(13-6-5-9-26-12-13)27(23(30)21(18)29)15-7-3-2-4-8-15/h2-12,19,28H,1H3/b20-18+. The second-order valence-electron chi connectivity index (χ2n) is 6.76. The second kappa shape index (κ2) is 8.41. The highest BCUT2D eigenvalue weighted by molar-refractivity contribution is 6.51. The minimum atomic E-state index is -0.904. The summed E-state index contributed by atoms with van der Waals surface area (Å²) in [5, 5.41) is 11.6. The van der Waals surface area contributed by atoms with Gasteiger partial charge in [0, 0.05) is 23.1 Å². The molecule has 0 radical (unpaired) electrons. The Labute approximate surface area is 188 Å². The van der Waals surface area contributed by atoms with E-state index in [0.29, 0.717) is 11.3 Å². The van der Waals surface area contributed by atoms with Gasteiger partial charge in [0.15, 0.2) is 0 Å². The molecule has 3 aromatic rings. The summed E-state index contributed by atoms with van der Waals surface area (Å²) in [6, 6.07) is 14.2. The van der Waals surface area contributed by atoms with Gasteiger partial charge in [-0.05, 0) is 35.9 Å². The normalized spacial score (nSPS) is 17.8. The first-order valence-electron chi connectivity index (χ1n) is 9.23. The average Bonchev–Trinajstić information content (AvgIpc) is 3.04. The lowest BCUT2D eigenvalue weighted by Crippen LogP contribution is -2.29. The minimum absolute atomic E-state index is 0.111. The molecule has 31 heavy (non-hydrogen) atoms. The molecule has 2 heterocycles. The zero-order chi connectivity index (χ0) is 22.1. The molecule has 1 amide bonds. The van der Waals surface area contributed by atoms with E-state index in [1.807, 2.05) is 0 Å². The van der Waals surface area contributed by atoms with Gasteiger partial charge in [0.1, 0.15) is 11.5 Å². The van der Waals surface area contributed by atoms with Crippen molar-refractivity contribution in [2.75, 3.05) is 12.0 Å². The summed E-state index contributed by atoms with van der Waals surface area (Å²) in [5.41, 5.74) is 1.06. The van der Waals surface area contributed by atoms with Crippen LogP contribution in [0.1, 0.15) is 17.2 Å². The van der Waals surface area contributed by atoms with Crippen molar-refractivity contribution < 1.29 is 19.4 Å². The van der Waals surface area contributed by atoms with E-state index < -0.39 is 23.5 Å². The number of hydrogen-bond donors (Lipinski definition) is 1. The molecule has 1 unspecified atom stereocenters. The fourth-order valence-corrected chi connectivity index (χ4v) is 4.20. The summed E-state index contributed by atoms with van der Waals surface area (Å²) in [6.07, 6.45) is 3.12. The largest absolute Gasteiger partial charge is 0.507 e. The highest BCUT2D eigenvalue weighted by Gasteiger charge is 2.47. The third-order valence-electron chi connectivity index (χ3n) is 4.95. The van der Waals surface area contributed by atoms with Crippen molar-refractivity contribution in [3.05, 3.63) is 93.7 Å². The fourth-order valence-electron chi connectivity index (χ4n) is 3.63. The van der Waals surface area contributed by atoms with Gasteiger partial charge in [0.25, 0.3) is 11.7 Å². The van der Waals surface area contributed by atoms with Crippen LogP contribution in [-0.2, 0) is 9.59 Å². The highest BCUT2D eigenvalue weighted by Crippen LogP contribution is 2.44. The van der Waals surface area contributed by atoms with Crippen LogP contribution in [0.3, 0.4) is 0 Å². The van der Waals surface area contributed by atoms with Crippen LogP contribution in [0.5, 0.6) is 5.75 Å². The van der Waals surface area contributed by atoms with Crippen LogP contribution in [0.2, 0.25) is 10.0 Å². The third-order valence-corrected chi connectivity index (χ3v) is 5.45. The number of rotatable bonds is 4. The van der Waals surface area contributed by atoms with Gasteiger partial charge >= 0.3 is 0 Å². The Balaban J connectivity index is 2.00. The number of pyridine rings is 1. The van der Waals surface area contributed by atoms with Crippen molar-refractivity contribution in [3.8, 4) is 5.75 Å². The monoisotopic (exact) mass is 454 g/mol. The van der Waals surface area contributed by atoms with Crippen molar-refractivity contribution in [2.24, 2.45) is 0 Å². The van der Waals surface area contributed by atoms with Crippen molar-refractivity contribution in [1.82, 2.24) is 4.98 Å². The molecule has 1 aliphatic rings. The van der Waals surface area contributed by atoms with Gasteiger partial charge in [0.2, 0.25) is 0 Å². The van der Waals surface area contributed by atoms with E-state index in [-0.39, 0.29) is 26.9 Å². The zero-order valence-electron chi connectivity index (χ0n) is 16.3. The number of aliphatic hydroxyl groups is 1. The first-order valence-corrected chi connectivity index (χ1v) is 9.99. The molecule has 156 valence electrons. The Hall–Kier alpha value is -3.35. The predicted molar refractivity (Wildman–Crippen MR) is 118 cm³/mol. The summed E-state index contributed by atoms with van der Waals surface area (Å²) in [4.78, 5) is 31.6. The maximum atomic E-state index is 13.1. The number of halogens is 2. The van der Waals surface area contributed by atoms with E-state index in [1.54, 1.807) is 54.9 Å². The number of Topliss-reactive ketones (excluding diaryl/α,β-unsaturated/α-hetero) is 1. The van der Waals surface area contributed by atoms with Crippen LogP contribution >= 0.6 is 23.2 Å². The van der Waals surface area contributed by atoms with Crippen molar-refractivity contribution >= 4 is 46.3 Å². The summed E-state index contributed by atoms with van der Waals surface area (Å²) in [6.45, 7) is 0. The molecular weight excluding hydrogens is 439 g/mol. The molecule has 8 heteroatoms. The lowest BCUT2D eigenvalue weighted by Gasteiger charge is -2.25. The number of carbonyl (C=O) groups is 2. The van der Waals surface area contributed by atoms with E-state index in [2.05, 4.69) is 4.98 Å². The Morgan fingerprint density at radius 3 is 2.48 bits per heavy atom. The number of ketones is 1.